The fourth-order valence-corrected chi connectivity index (χ4v) is 2.03. The predicted octanol–water partition coefficient (Wildman–Crippen LogP) is 0.343. The number of carbonyl (C=O) groups excluding carboxylic acids is 1. The summed E-state index contributed by atoms with van der Waals surface area (Å²) in [5, 5.41) is 8.84. The highest BCUT2D eigenvalue weighted by Crippen LogP contribution is 2.12. The highest BCUT2D eigenvalue weighted by atomic mass is 16.4. The van der Waals surface area contributed by atoms with Crippen LogP contribution in [0.3, 0.4) is 0 Å². The Hall–Kier alpha value is -1.95. The minimum atomic E-state index is -1.14. The lowest BCUT2D eigenvalue weighted by Crippen LogP contribution is -2.46. The van der Waals surface area contributed by atoms with Gasteiger partial charge in [0, 0.05) is 19.1 Å². The molecular formula is C12H15N3O3. The number of rotatable bonds is 2. The first-order chi connectivity index (χ1) is 8.58. The molecule has 0 saturated carbocycles. The first-order valence-electron chi connectivity index (χ1n) is 5.83. The molecule has 6 heteroatoms. The van der Waals surface area contributed by atoms with Gasteiger partial charge in [-0.25, -0.2) is 9.78 Å². The second-order valence-electron chi connectivity index (χ2n) is 4.37. The largest absolute Gasteiger partial charge is 0.477 e. The SMILES string of the molecule is NC1CCCN(C(=O)c2cccc(C(=O)O)n2)C1. The van der Waals surface area contributed by atoms with E-state index in [0.29, 0.717) is 13.1 Å². The Bertz CT molecular complexity index is 475. The smallest absolute Gasteiger partial charge is 0.354 e. The van der Waals surface area contributed by atoms with Gasteiger partial charge in [0.25, 0.3) is 5.91 Å². The van der Waals surface area contributed by atoms with Crippen molar-refractivity contribution < 1.29 is 14.7 Å². The van der Waals surface area contributed by atoms with E-state index in [1.807, 2.05) is 0 Å². The Labute approximate surface area is 104 Å². The van der Waals surface area contributed by atoms with Crippen molar-refractivity contribution in [3.8, 4) is 0 Å². The van der Waals surface area contributed by atoms with Crippen LogP contribution in [0.5, 0.6) is 0 Å². The van der Waals surface area contributed by atoms with E-state index in [-0.39, 0.29) is 23.3 Å². The van der Waals surface area contributed by atoms with E-state index in [1.54, 1.807) is 4.90 Å². The summed E-state index contributed by atoms with van der Waals surface area (Å²) >= 11 is 0. The van der Waals surface area contributed by atoms with Crippen molar-refractivity contribution in [3.05, 3.63) is 29.6 Å². The van der Waals surface area contributed by atoms with Crippen molar-refractivity contribution in [3.63, 3.8) is 0 Å². The number of carbonyl (C=O) groups is 2. The van der Waals surface area contributed by atoms with E-state index in [9.17, 15) is 9.59 Å². The van der Waals surface area contributed by atoms with Gasteiger partial charge >= 0.3 is 5.97 Å². The molecule has 96 valence electrons. The van der Waals surface area contributed by atoms with Crippen LogP contribution in [0.2, 0.25) is 0 Å². The third kappa shape index (κ3) is 2.65. The zero-order valence-electron chi connectivity index (χ0n) is 9.87. The topological polar surface area (TPSA) is 96.5 Å². The zero-order chi connectivity index (χ0) is 13.1. The Kier molecular flexibility index (Phi) is 3.57. The van der Waals surface area contributed by atoms with E-state index in [1.165, 1.54) is 18.2 Å². The molecule has 1 saturated heterocycles. The van der Waals surface area contributed by atoms with Crippen LogP contribution in [-0.4, -0.2) is 46.0 Å². The first-order valence-corrected chi connectivity index (χ1v) is 5.83. The number of aromatic nitrogens is 1. The highest BCUT2D eigenvalue weighted by Gasteiger charge is 2.23. The van der Waals surface area contributed by atoms with Crippen LogP contribution < -0.4 is 5.73 Å². The predicted molar refractivity (Wildman–Crippen MR) is 64.3 cm³/mol. The van der Waals surface area contributed by atoms with Gasteiger partial charge in [0.2, 0.25) is 0 Å². The summed E-state index contributed by atoms with van der Waals surface area (Å²) in [5.74, 6) is -1.40. The third-order valence-electron chi connectivity index (χ3n) is 2.93. The van der Waals surface area contributed by atoms with E-state index in [4.69, 9.17) is 10.8 Å². The fourth-order valence-electron chi connectivity index (χ4n) is 2.03. The Morgan fingerprint density at radius 1 is 1.39 bits per heavy atom. The minimum absolute atomic E-state index is 0.00893. The molecule has 1 aromatic rings. The number of nitrogens with zero attached hydrogens (tertiary/aromatic N) is 2. The van der Waals surface area contributed by atoms with Gasteiger partial charge in [-0.05, 0) is 25.0 Å². The molecule has 6 nitrogen and oxygen atoms in total. The lowest BCUT2D eigenvalue weighted by atomic mass is 10.1. The quantitative estimate of drug-likeness (QED) is 0.788. The zero-order valence-corrected chi connectivity index (χ0v) is 9.87. The van der Waals surface area contributed by atoms with E-state index >= 15 is 0 Å². The minimum Gasteiger partial charge on any atom is -0.477 e. The molecular weight excluding hydrogens is 234 g/mol. The van der Waals surface area contributed by atoms with Crippen LogP contribution >= 0.6 is 0 Å². The van der Waals surface area contributed by atoms with Crippen LogP contribution in [0.1, 0.15) is 33.8 Å². The van der Waals surface area contributed by atoms with E-state index in [0.717, 1.165) is 12.8 Å². The van der Waals surface area contributed by atoms with Crippen molar-refractivity contribution in [1.29, 1.82) is 0 Å². The number of piperidine rings is 1. The monoisotopic (exact) mass is 249 g/mol. The Morgan fingerprint density at radius 3 is 2.78 bits per heavy atom. The van der Waals surface area contributed by atoms with E-state index in [2.05, 4.69) is 4.98 Å². The summed E-state index contributed by atoms with van der Waals surface area (Å²) in [6, 6.07) is 4.40. The van der Waals surface area contributed by atoms with Crippen molar-refractivity contribution in [2.75, 3.05) is 13.1 Å². The number of likely N-dealkylation sites (tertiary alicyclic amines) is 1. The first kappa shape index (κ1) is 12.5. The van der Waals surface area contributed by atoms with Gasteiger partial charge in [0.05, 0.1) is 0 Å². The fraction of sp³-hybridized carbons (Fsp3) is 0.417. The number of aromatic carboxylic acids is 1. The van der Waals surface area contributed by atoms with Crippen molar-refractivity contribution >= 4 is 11.9 Å². The highest BCUT2D eigenvalue weighted by molar-refractivity contribution is 5.94. The van der Waals surface area contributed by atoms with Crippen molar-refractivity contribution in [2.45, 2.75) is 18.9 Å². The Balaban J connectivity index is 2.17. The summed E-state index contributed by atoms with van der Waals surface area (Å²) in [6.45, 7) is 1.14. The van der Waals surface area contributed by atoms with Gasteiger partial charge in [0.1, 0.15) is 11.4 Å². The molecule has 0 bridgehead atoms. The average Bonchev–Trinajstić information content (AvgIpc) is 2.38. The second kappa shape index (κ2) is 5.14. The lowest BCUT2D eigenvalue weighted by molar-refractivity contribution is 0.0687. The number of carboxylic acids is 1. The molecule has 1 aliphatic heterocycles. The lowest BCUT2D eigenvalue weighted by Gasteiger charge is -2.30. The molecule has 0 radical (unpaired) electrons. The van der Waals surface area contributed by atoms with Crippen molar-refractivity contribution in [1.82, 2.24) is 9.88 Å². The normalized spacial score (nSPS) is 19.6. The molecule has 1 atom stereocenters. The molecule has 18 heavy (non-hydrogen) atoms. The van der Waals surface area contributed by atoms with Gasteiger partial charge < -0.3 is 15.7 Å². The molecule has 0 spiro atoms. The molecule has 0 aromatic carbocycles. The molecule has 2 heterocycles. The third-order valence-corrected chi connectivity index (χ3v) is 2.93. The molecule has 1 aromatic heterocycles. The van der Waals surface area contributed by atoms with E-state index < -0.39 is 5.97 Å². The van der Waals surface area contributed by atoms with Crippen LogP contribution in [0, 0.1) is 0 Å². The summed E-state index contributed by atoms with van der Waals surface area (Å²) < 4.78 is 0. The molecule has 1 unspecified atom stereocenters. The van der Waals surface area contributed by atoms with Gasteiger partial charge in [0.15, 0.2) is 0 Å². The summed E-state index contributed by atoms with van der Waals surface area (Å²) in [7, 11) is 0. The maximum absolute atomic E-state index is 12.1. The molecule has 0 aliphatic carbocycles. The number of amides is 1. The molecule has 1 fully saturated rings. The summed E-state index contributed by atoms with van der Waals surface area (Å²) in [6.07, 6.45) is 1.78. The van der Waals surface area contributed by atoms with Crippen LogP contribution in [-0.2, 0) is 0 Å². The van der Waals surface area contributed by atoms with Crippen LogP contribution in [0.4, 0.5) is 0 Å². The van der Waals surface area contributed by atoms with Crippen LogP contribution in [0.15, 0.2) is 18.2 Å². The van der Waals surface area contributed by atoms with Crippen LogP contribution in [0.25, 0.3) is 0 Å². The second-order valence-corrected chi connectivity index (χ2v) is 4.37. The summed E-state index contributed by atoms with van der Waals surface area (Å²) in [5.41, 5.74) is 5.84. The number of nitrogens with two attached hydrogens (primary N) is 1. The van der Waals surface area contributed by atoms with Gasteiger partial charge in [-0.3, -0.25) is 4.79 Å². The standard InChI is InChI=1S/C12H15N3O3/c13-8-3-2-6-15(7-8)11(16)9-4-1-5-10(14-9)12(17)18/h1,4-5,8H,2-3,6-7,13H2,(H,17,18). The molecule has 1 aliphatic rings. The van der Waals surface area contributed by atoms with Gasteiger partial charge in [-0.2, -0.15) is 0 Å². The maximum Gasteiger partial charge on any atom is 0.354 e. The molecule has 3 N–H and O–H groups in total. The number of pyridine rings is 1. The average molecular weight is 249 g/mol. The number of carboxylic acid groups (broad SMARTS) is 1. The summed E-state index contributed by atoms with van der Waals surface area (Å²) in [4.78, 5) is 28.4. The maximum atomic E-state index is 12.1. The number of hydrogen-bond donors (Lipinski definition) is 2. The Morgan fingerprint density at radius 2 is 2.11 bits per heavy atom. The molecule has 1 amide bonds. The van der Waals surface area contributed by atoms with Gasteiger partial charge in [-0.15, -0.1) is 0 Å². The molecule has 2 rings (SSSR count). The van der Waals surface area contributed by atoms with Gasteiger partial charge in [-0.1, -0.05) is 6.07 Å². The van der Waals surface area contributed by atoms with Crippen molar-refractivity contribution in [2.24, 2.45) is 5.73 Å². The number of hydrogen-bond acceptors (Lipinski definition) is 4.